The third kappa shape index (κ3) is 6.32. The molecule has 1 heterocycles. The van der Waals surface area contributed by atoms with Gasteiger partial charge in [-0.15, -0.1) is 4.91 Å². The van der Waals surface area contributed by atoms with E-state index in [1.807, 2.05) is 64.1 Å². The Morgan fingerprint density at radius 3 is 2.36 bits per heavy atom. The Morgan fingerprint density at radius 1 is 1.06 bits per heavy atom. The van der Waals surface area contributed by atoms with Crippen LogP contribution in [0.3, 0.4) is 0 Å². The van der Waals surface area contributed by atoms with Crippen LogP contribution in [0, 0.1) is 17.7 Å². The van der Waals surface area contributed by atoms with Crippen LogP contribution >= 0.6 is 0 Å². The van der Waals surface area contributed by atoms with Crippen LogP contribution < -0.4 is 21.7 Å². The summed E-state index contributed by atoms with van der Waals surface area (Å²) in [5.74, 6) is -1.11. The Morgan fingerprint density at radius 2 is 1.75 bits per heavy atom. The zero-order valence-corrected chi connectivity index (χ0v) is 21.1. The van der Waals surface area contributed by atoms with Crippen LogP contribution in [0.4, 0.5) is 5.69 Å². The normalized spacial score (nSPS) is 12.6. The number of amides is 1. The number of nitrogens with one attached hydrogen (secondary N) is 1. The number of H-pyrrole nitrogens is 1. The summed E-state index contributed by atoms with van der Waals surface area (Å²) in [6, 6.07) is 13.1. The second kappa shape index (κ2) is 11.6. The fraction of sp³-hybridized carbons (Fsp3) is 0.385. The second-order valence-electron chi connectivity index (χ2n) is 8.97. The van der Waals surface area contributed by atoms with Crippen molar-refractivity contribution in [3.8, 4) is 5.75 Å². The van der Waals surface area contributed by atoms with E-state index in [0.29, 0.717) is 12.1 Å². The summed E-state index contributed by atoms with van der Waals surface area (Å²) in [6.07, 6.45) is 0.728. The standard InChI is InChI=1S/C26H31N5O5/c1-6-20-13-21(11-12-22(20)36-16(2)3)27-24-28-25(33)31(14-18(5)23(32)29-35)26(34)30(24)15-19-9-7-17(4)8-10-19/h7-13,16,18H,6,14-15H2,1-5H3,(H,27,28,33)/t18-/m0/s1. The van der Waals surface area contributed by atoms with Crippen LogP contribution in [0.5, 0.6) is 5.75 Å². The molecule has 10 heteroatoms. The van der Waals surface area contributed by atoms with Crippen molar-refractivity contribution < 1.29 is 9.53 Å². The molecule has 0 fully saturated rings. The van der Waals surface area contributed by atoms with Gasteiger partial charge in [0.25, 0.3) is 5.91 Å². The van der Waals surface area contributed by atoms with Gasteiger partial charge in [0.1, 0.15) is 5.75 Å². The van der Waals surface area contributed by atoms with Gasteiger partial charge in [0.15, 0.2) is 0 Å². The highest BCUT2D eigenvalue weighted by molar-refractivity contribution is 5.78. The fourth-order valence-electron chi connectivity index (χ4n) is 3.67. The summed E-state index contributed by atoms with van der Waals surface area (Å²) in [5.41, 5.74) is 2.05. The lowest BCUT2D eigenvalue weighted by molar-refractivity contribution is -0.121. The summed E-state index contributed by atoms with van der Waals surface area (Å²) in [7, 11) is 0. The van der Waals surface area contributed by atoms with Crippen LogP contribution in [0.15, 0.2) is 62.2 Å². The maximum atomic E-state index is 13.4. The maximum absolute atomic E-state index is 13.4. The number of rotatable bonds is 9. The van der Waals surface area contributed by atoms with E-state index in [-0.39, 0.29) is 24.8 Å². The number of aryl methyl sites for hydroxylation is 2. The summed E-state index contributed by atoms with van der Waals surface area (Å²) in [6.45, 7) is 9.15. The number of benzene rings is 2. The molecule has 0 unspecified atom stereocenters. The molecule has 1 amide bonds. The van der Waals surface area contributed by atoms with Crippen molar-refractivity contribution in [2.45, 2.75) is 60.2 Å². The van der Waals surface area contributed by atoms with Crippen LogP contribution in [0.1, 0.15) is 44.4 Å². The van der Waals surface area contributed by atoms with E-state index >= 15 is 0 Å². The molecule has 1 aromatic heterocycles. The van der Waals surface area contributed by atoms with E-state index in [4.69, 9.17) is 4.74 Å². The molecule has 0 bridgehead atoms. The molecule has 190 valence electrons. The van der Waals surface area contributed by atoms with Gasteiger partial charge in [0, 0.05) is 11.7 Å². The van der Waals surface area contributed by atoms with E-state index < -0.39 is 23.2 Å². The first-order valence-corrected chi connectivity index (χ1v) is 11.8. The van der Waals surface area contributed by atoms with Gasteiger partial charge >= 0.3 is 11.4 Å². The van der Waals surface area contributed by atoms with E-state index in [9.17, 15) is 19.3 Å². The molecular formula is C26H31N5O5. The maximum Gasteiger partial charge on any atom is 0.335 e. The van der Waals surface area contributed by atoms with E-state index in [0.717, 1.165) is 27.0 Å². The number of hydrogen-bond donors (Lipinski definition) is 1. The van der Waals surface area contributed by atoms with Crippen molar-refractivity contribution in [3.63, 3.8) is 0 Å². The number of nitroso groups, excluding NO2 is 1. The molecule has 0 aliphatic rings. The third-order valence-electron chi connectivity index (χ3n) is 5.63. The van der Waals surface area contributed by atoms with Crippen molar-refractivity contribution >= 4 is 11.6 Å². The number of aromatic amines is 1. The number of carbonyl (C=O) groups is 1. The highest BCUT2D eigenvalue weighted by Gasteiger charge is 2.18. The predicted octanol–water partition coefficient (Wildman–Crippen LogP) is 3.21. The number of hydrogen-bond acceptors (Lipinski definition) is 6. The fourth-order valence-corrected chi connectivity index (χ4v) is 3.67. The zero-order chi connectivity index (χ0) is 26.4. The van der Waals surface area contributed by atoms with Gasteiger partial charge in [-0.05, 0) is 56.5 Å². The summed E-state index contributed by atoms with van der Waals surface area (Å²) < 4.78 is 8.08. The summed E-state index contributed by atoms with van der Waals surface area (Å²) in [4.78, 5) is 55.8. The molecule has 0 aliphatic carbocycles. The van der Waals surface area contributed by atoms with Gasteiger partial charge in [-0.25, -0.2) is 19.1 Å². The van der Waals surface area contributed by atoms with Crippen molar-refractivity contribution in [3.05, 3.63) is 90.6 Å². The van der Waals surface area contributed by atoms with E-state index in [1.165, 1.54) is 11.5 Å². The second-order valence-corrected chi connectivity index (χ2v) is 8.97. The van der Waals surface area contributed by atoms with Gasteiger partial charge < -0.3 is 4.74 Å². The molecule has 0 radical (unpaired) electrons. The van der Waals surface area contributed by atoms with Gasteiger partial charge in [-0.2, -0.15) is 0 Å². The lowest BCUT2D eigenvalue weighted by Crippen LogP contribution is -2.51. The highest BCUT2D eigenvalue weighted by Crippen LogP contribution is 2.25. The largest absolute Gasteiger partial charge is 0.491 e. The Kier molecular flexibility index (Phi) is 8.52. The molecule has 2 aromatic carbocycles. The minimum atomic E-state index is -0.934. The minimum absolute atomic E-state index is 0.0161. The first kappa shape index (κ1) is 26.5. The monoisotopic (exact) mass is 493 g/mol. The molecule has 0 spiro atoms. The smallest absolute Gasteiger partial charge is 0.335 e. The molecule has 0 saturated heterocycles. The molecule has 1 atom stereocenters. The van der Waals surface area contributed by atoms with Crippen molar-refractivity contribution in [1.29, 1.82) is 0 Å². The predicted molar refractivity (Wildman–Crippen MR) is 136 cm³/mol. The summed E-state index contributed by atoms with van der Waals surface area (Å²) in [5, 5.41) is 2.40. The number of nitrogens with zero attached hydrogens (tertiary/aromatic N) is 4. The SMILES string of the molecule is CCc1cc(/N=c2\[nH]c(=O)n(C[C@H](C)C(=O)N=O)c(=O)n2Cc2ccc(C)cc2)ccc1OC(C)C. The topological polar surface area (TPSA) is 128 Å². The number of ether oxygens (including phenoxy) is 1. The van der Waals surface area contributed by atoms with Crippen molar-refractivity contribution in [1.82, 2.24) is 14.1 Å². The lowest BCUT2D eigenvalue weighted by Gasteiger charge is -2.14. The van der Waals surface area contributed by atoms with Gasteiger partial charge in [-0.3, -0.25) is 14.3 Å². The molecule has 10 nitrogen and oxygen atoms in total. The third-order valence-corrected chi connectivity index (χ3v) is 5.63. The van der Waals surface area contributed by atoms with Crippen LogP contribution in [-0.2, 0) is 24.3 Å². The van der Waals surface area contributed by atoms with Crippen LogP contribution in [-0.4, -0.2) is 26.1 Å². The van der Waals surface area contributed by atoms with E-state index in [1.54, 1.807) is 6.07 Å². The average Bonchev–Trinajstić information content (AvgIpc) is 2.85. The zero-order valence-electron chi connectivity index (χ0n) is 21.1. The Balaban J connectivity index is 2.18. The molecule has 0 aliphatic heterocycles. The number of aromatic nitrogens is 3. The van der Waals surface area contributed by atoms with Crippen molar-refractivity contribution in [2.24, 2.45) is 16.1 Å². The van der Waals surface area contributed by atoms with E-state index in [2.05, 4.69) is 15.2 Å². The molecule has 1 N–H and O–H groups in total. The average molecular weight is 494 g/mol. The van der Waals surface area contributed by atoms with Gasteiger partial charge in [-0.1, -0.05) is 43.7 Å². The molecular weight excluding hydrogens is 462 g/mol. The summed E-state index contributed by atoms with van der Waals surface area (Å²) >= 11 is 0. The molecule has 3 aromatic rings. The van der Waals surface area contributed by atoms with Crippen LogP contribution in [0.25, 0.3) is 0 Å². The first-order chi connectivity index (χ1) is 17.1. The molecule has 0 saturated carbocycles. The molecule has 36 heavy (non-hydrogen) atoms. The first-order valence-electron chi connectivity index (χ1n) is 11.8. The Hall–Kier alpha value is -4.08. The van der Waals surface area contributed by atoms with Gasteiger partial charge in [0.05, 0.1) is 24.3 Å². The highest BCUT2D eigenvalue weighted by atomic mass is 16.5. The Labute approximate surface area is 208 Å². The van der Waals surface area contributed by atoms with Crippen LogP contribution in [0.2, 0.25) is 0 Å². The minimum Gasteiger partial charge on any atom is -0.491 e. The van der Waals surface area contributed by atoms with Gasteiger partial charge in [0.2, 0.25) is 5.62 Å². The number of carbonyl (C=O) groups excluding carboxylic acids is 1. The molecule has 3 rings (SSSR count). The lowest BCUT2D eigenvalue weighted by atomic mass is 10.1. The van der Waals surface area contributed by atoms with Crippen molar-refractivity contribution in [2.75, 3.05) is 0 Å². The Bertz CT molecular complexity index is 1430. The quantitative estimate of drug-likeness (QED) is 0.458.